The van der Waals surface area contributed by atoms with Crippen LogP contribution < -0.4 is 27.0 Å². The number of phenols is 1. The summed E-state index contributed by atoms with van der Waals surface area (Å²) < 4.78 is 5.31. The molecule has 2 rings (SSSR count). The molecule has 234 valence electrons. The molecule has 12 nitrogen and oxygen atoms in total. The zero-order valence-corrected chi connectivity index (χ0v) is 25.7. The molecule has 0 heterocycles. The Hall–Kier alpha value is -4.26. The van der Waals surface area contributed by atoms with Gasteiger partial charge >= 0.3 is 6.09 Å². The number of carbonyl (C=O) groups excluding carboxylic acids is 5. The van der Waals surface area contributed by atoms with Crippen molar-refractivity contribution in [3.8, 4) is 5.75 Å². The third-order valence-electron chi connectivity index (χ3n) is 6.01. The van der Waals surface area contributed by atoms with Gasteiger partial charge in [0.1, 0.15) is 29.5 Å². The van der Waals surface area contributed by atoms with Crippen molar-refractivity contribution >= 4 is 41.5 Å². The Labute approximate surface area is 255 Å². The predicted octanol–water partition coefficient (Wildman–Crippen LogP) is 1.39. The molecule has 0 unspecified atom stereocenters. The van der Waals surface area contributed by atoms with Gasteiger partial charge in [0.05, 0.1) is 6.54 Å². The Kier molecular flexibility index (Phi) is 13.8. The zero-order chi connectivity index (χ0) is 32.0. The Morgan fingerprint density at radius 2 is 1.44 bits per heavy atom. The number of thioether (sulfide) groups is 1. The van der Waals surface area contributed by atoms with E-state index in [2.05, 4.69) is 21.3 Å². The van der Waals surface area contributed by atoms with Crippen LogP contribution in [0.15, 0.2) is 54.6 Å². The number of rotatable bonds is 15. The van der Waals surface area contributed by atoms with Gasteiger partial charge in [0, 0.05) is 12.8 Å². The largest absolute Gasteiger partial charge is 0.508 e. The molecule has 2 aromatic rings. The van der Waals surface area contributed by atoms with Gasteiger partial charge in [-0.05, 0) is 62.5 Å². The molecule has 0 aliphatic heterocycles. The van der Waals surface area contributed by atoms with Gasteiger partial charge in [-0.1, -0.05) is 42.5 Å². The first-order chi connectivity index (χ1) is 20.3. The number of phenolic OH excluding ortho intramolecular Hbond substituents is 1. The number of alkyl carbamates (subject to hydrolysis) is 1. The number of primary amides is 1. The maximum atomic E-state index is 13.4. The van der Waals surface area contributed by atoms with Crippen LogP contribution in [0.3, 0.4) is 0 Å². The molecule has 7 N–H and O–H groups in total. The van der Waals surface area contributed by atoms with E-state index in [0.717, 1.165) is 5.56 Å². The number of nitrogens with one attached hydrogen (secondary N) is 4. The van der Waals surface area contributed by atoms with E-state index in [4.69, 9.17) is 10.5 Å². The van der Waals surface area contributed by atoms with Gasteiger partial charge in [-0.15, -0.1) is 0 Å². The van der Waals surface area contributed by atoms with Crippen molar-refractivity contribution < 1.29 is 33.8 Å². The molecule has 0 bridgehead atoms. The summed E-state index contributed by atoms with van der Waals surface area (Å²) in [5.74, 6) is -2.03. The van der Waals surface area contributed by atoms with E-state index < -0.39 is 60.0 Å². The van der Waals surface area contributed by atoms with Crippen molar-refractivity contribution in [2.45, 2.75) is 63.8 Å². The molecule has 0 aliphatic carbocycles. The summed E-state index contributed by atoms with van der Waals surface area (Å²) in [5, 5.41) is 19.9. The summed E-state index contributed by atoms with van der Waals surface area (Å²) in [6.45, 7) is 4.62. The van der Waals surface area contributed by atoms with Gasteiger partial charge in [-0.2, -0.15) is 11.8 Å². The number of ether oxygens (including phenoxy) is 1. The third-order valence-corrected chi connectivity index (χ3v) is 6.66. The van der Waals surface area contributed by atoms with E-state index in [1.807, 2.05) is 12.3 Å². The quantitative estimate of drug-likeness (QED) is 0.173. The fourth-order valence-corrected chi connectivity index (χ4v) is 4.38. The van der Waals surface area contributed by atoms with E-state index in [1.54, 1.807) is 57.2 Å². The molecule has 0 fully saturated rings. The molecule has 0 spiro atoms. The van der Waals surface area contributed by atoms with Gasteiger partial charge < -0.3 is 36.8 Å². The summed E-state index contributed by atoms with van der Waals surface area (Å²) in [4.78, 5) is 63.5. The topological polar surface area (TPSA) is 189 Å². The van der Waals surface area contributed by atoms with Crippen LogP contribution >= 0.6 is 11.8 Å². The van der Waals surface area contributed by atoms with Crippen LogP contribution in [-0.2, 0) is 36.8 Å². The lowest BCUT2D eigenvalue weighted by Gasteiger charge is -2.25. The second-order valence-electron chi connectivity index (χ2n) is 10.8. The van der Waals surface area contributed by atoms with Crippen molar-refractivity contribution in [3.05, 3.63) is 65.7 Å². The van der Waals surface area contributed by atoms with Crippen molar-refractivity contribution in [1.29, 1.82) is 0 Å². The Morgan fingerprint density at radius 1 is 0.837 bits per heavy atom. The summed E-state index contributed by atoms with van der Waals surface area (Å²) >= 11 is 1.47. The predicted molar refractivity (Wildman–Crippen MR) is 164 cm³/mol. The first-order valence-corrected chi connectivity index (χ1v) is 15.1. The molecular weight excluding hydrogens is 574 g/mol. The van der Waals surface area contributed by atoms with Gasteiger partial charge in [-0.25, -0.2) is 4.79 Å². The van der Waals surface area contributed by atoms with E-state index >= 15 is 0 Å². The average molecular weight is 616 g/mol. The molecule has 0 aromatic heterocycles. The Bertz CT molecular complexity index is 1240. The van der Waals surface area contributed by atoms with Gasteiger partial charge in [0.15, 0.2) is 0 Å². The molecular formula is C30H41N5O7S. The molecule has 13 heteroatoms. The second-order valence-corrected chi connectivity index (χ2v) is 11.8. The fraction of sp³-hybridized carbons (Fsp3) is 0.433. The highest BCUT2D eigenvalue weighted by atomic mass is 32.2. The summed E-state index contributed by atoms with van der Waals surface area (Å²) in [6, 6.07) is 12.1. The van der Waals surface area contributed by atoms with Crippen molar-refractivity contribution in [1.82, 2.24) is 21.3 Å². The zero-order valence-electron chi connectivity index (χ0n) is 24.8. The number of carbonyl (C=O) groups is 5. The average Bonchev–Trinajstić information content (AvgIpc) is 2.93. The molecule has 5 amide bonds. The molecule has 3 atom stereocenters. The number of benzene rings is 2. The van der Waals surface area contributed by atoms with Crippen LogP contribution in [0.5, 0.6) is 5.75 Å². The summed E-state index contributed by atoms with van der Waals surface area (Å²) in [6.07, 6.45) is 1.53. The van der Waals surface area contributed by atoms with Crippen LogP contribution in [0.1, 0.15) is 38.3 Å². The Morgan fingerprint density at radius 3 is 2.02 bits per heavy atom. The standard InChI is InChI=1S/C30H41N5O7S/c1-30(2,3)42-29(41)35-24(17-20-10-12-21(36)13-11-20)28(40)34-22(14-15-43-4)27(39)32-18-25(37)33-23(26(31)38)16-19-8-6-5-7-9-19/h5-13,22-24,36H,14-18H2,1-4H3,(H2,31,38)(H,32,39)(H,33,37)(H,34,40)(H,35,41)/t22-,23+,24+/m1/s1. The van der Waals surface area contributed by atoms with Crippen molar-refractivity contribution in [2.24, 2.45) is 5.73 Å². The monoisotopic (exact) mass is 615 g/mol. The highest BCUT2D eigenvalue weighted by Gasteiger charge is 2.29. The maximum absolute atomic E-state index is 13.4. The maximum Gasteiger partial charge on any atom is 0.408 e. The van der Waals surface area contributed by atoms with Gasteiger partial charge in [0.25, 0.3) is 0 Å². The van der Waals surface area contributed by atoms with E-state index in [-0.39, 0.29) is 25.0 Å². The second kappa shape index (κ2) is 17.0. The number of hydrogen-bond acceptors (Lipinski definition) is 8. The lowest BCUT2D eigenvalue weighted by molar-refractivity contribution is -0.131. The SMILES string of the molecule is CSCC[C@@H](NC(=O)[C@H](Cc1ccc(O)cc1)NC(=O)OC(C)(C)C)C(=O)NCC(=O)N[C@@H](Cc1ccccc1)C(N)=O. The van der Waals surface area contributed by atoms with Crippen LogP contribution in [0, 0.1) is 0 Å². The summed E-state index contributed by atoms with van der Waals surface area (Å²) in [7, 11) is 0. The third kappa shape index (κ3) is 13.5. The van der Waals surface area contributed by atoms with Crippen LogP contribution in [-0.4, -0.2) is 77.1 Å². The number of hydrogen-bond donors (Lipinski definition) is 6. The highest BCUT2D eigenvalue weighted by Crippen LogP contribution is 2.13. The number of nitrogens with two attached hydrogens (primary N) is 1. The van der Waals surface area contributed by atoms with Gasteiger partial charge in [0.2, 0.25) is 23.6 Å². The van der Waals surface area contributed by atoms with Crippen molar-refractivity contribution in [3.63, 3.8) is 0 Å². The number of aromatic hydroxyl groups is 1. The first-order valence-electron chi connectivity index (χ1n) is 13.7. The van der Waals surface area contributed by atoms with E-state index in [9.17, 15) is 29.1 Å². The molecule has 0 radical (unpaired) electrons. The molecule has 0 saturated carbocycles. The fourth-order valence-electron chi connectivity index (χ4n) is 3.91. The lowest BCUT2D eigenvalue weighted by Crippen LogP contribution is -2.56. The molecule has 0 aliphatic rings. The first kappa shape index (κ1) is 34.9. The van der Waals surface area contributed by atoms with E-state index in [0.29, 0.717) is 11.3 Å². The minimum absolute atomic E-state index is 0.0462. The van der Waals surface area contributed by atoms with Crippen molar-refractivity contribution in [2.75, 3.05) is 18.6 Å². The van der Waals surface area contributed by atoms with Crippen LogP contribution in [0.2, 0.25) is 0 Å². The molecule has 43 heavy (non-hydrogen) atoms. The highest BCUT2D eigenvalue weighted by molar-refractivity contribution is 7.98. The lowest BCUT2D eigenvalue weighted by atomic mass is 10.0. The summed E-state index contributed by atoms with van der Waals surface area (Å²) in [5.41, 5.74) is 6.11. The molecule has 0 saturated heterocycles. The molecule has 2 aromatic carbocycles. The number of amides is 5. The van der Waals surface area contributed by atoms with Crippen LogP contribution in [0.4, 0.5) is 4.79 Å². The van der Waals surface area contributed by atoms with Crippen LogP contribution in [0.25, 0.3) is 0 Å². The Balaban J connectivity index is 2.08. The van der Waals surface area contributed by atoms with Gasteiger partial charge in [-0.3, -0.25) is 19.2 Å². The van der Waals surface area contributed by atoms with E-state index in [1.165, 1.54) is 23.9 Å². The normalized spacial score (nSPS) is 13.1. The minimum Gasteiger partial charge on any atom is -0.508 e. The minimum atomic E-state index is -1.11. The smallest absolute Gasteiger partial charge is 0.408 e.